The number of nitrogens with one attached hydrogen (secondary N) is 8. The zero-order chi connectivity index (χ0) is 51.5. The van der Waals surface area contributed by atoms with E-state index in [0.29, 0.717) is 24.0 Å². The minimum absolute atomic E-state index is 0.0340. The van der Waals surface area contributed by atoms with Gasteiger partial charge in [0.2, 0.25) is 41.4 Å². The molecule has 2 heterocycles. The summed E-state index contributed by atoms with van der Waals surface area (Å²) in [6.45, 7) is 2.23. The van der Waals surface area contributed by atoms with Crippen LogP contribution in [0.5, 0.6) is 0 Å². The van der Waals surface area contributed by atoms with E-state index in [1.807, 2.05) is 30.3 Å². The highest BCUT2D eigenvalue weighted by Crippen LogP contribution is 2.24. The number of benzene rings is 3. The second kappa shape index (κ2) is 28.1. The van der Waals surface area contributed by atoms with Gasteiger partial charge in [0, 0.05) is 41.4 Å². The van der Waals surface area contributed by atoms with Gasteiger partial charge in [0.1, 0.15) is 36.3 Å². The van der Waals surface area contributed by atoms with Gasteiger partial charge < -0.3 is 69.0 Å². The van der Waals surface area contributed by atoms with Gasteiger partial charge in [-0.3, -0.25) is 33.6 Å². The number of aromatic amines is 1. The fourth-order valence-corrected chi connectivity index (χ4v) is 10.1. The second-order valence-corrected chi connectivity index (χ2v) is 20.0. The molecule has 71 heavy (non-hydrogen) atoms. The molecule has 10 atom stereocenters. The summed E-state index contributed by atoms with van der Waals surface area (Å²) in [5.74, 6) is -6.01. The molecule has 20 nitrogen and oxygen atoms in total. The third kappa shape index (κ3) is 17.1. The molecule has 15 N–H and O–H groups in total. The molecule has 384 valence electrons. The molecule has 5 rings (SSSR count). The summed E-state index contributed by atoms with van der Waals surface area (Å²) in [5, 5.41) is 50.5. The second-order valence-electron chi connectivity index (χ2n) is 17.5. The number of rotatable bonds is 17. The van der Waals surface area contributed by atoms with Crippen molar-refractivity contribution in [1.29, 1.82) is 0 Å². The zero-order valence-electron chi connectivity index (χ0n) is 39.7. The molecule has 3 aromatic carbocycles. The molecule has 0 spiro atoms. The van der Waals surface area contributed by atoms with Gasteiger partial charge in [0.05, 0.1) is 30.9 Å². The summed E-state index contributed by atoms with van der Waals surface area (Å²) in [7, 11) is 2.06. The van der Waals surface area contributed by atoms with E-state index in [9.17, 15) is 48.9 Å². The zero-order valence-corrected chi connectivity index (χ0v) is 41.3. The van der Waals surface area contributed by atoms with Crippen LogP contribution in [-0.4, -0.2) is 147 Å². The fourth-order valence-electron chi connectivity index (χ4n) is 7.73. The lowest BCUT2D eigenvalue weighted by molar-refractivity contribution is -0.136. The lowest BCUT2D eigenvalue weighted by Crippen LogP contribution is -2.62. The van der Waals surface area contributed by atoms with Crippen molar-refractivity contribution in [3.8, 4) is 0 Å². The Morgan fingerprint density at radius 3 is 1.96 bits per heavy atom. The number of carbonyl (C=O) groups excluding carboxylic acids is 7. The number of para-hydroxylation sites is 1. The van der Waals surface area contributed by atoms with E-state index in [1.54, 1.807) is 60.8 Å². The lowest BCUT2D eigenvalue weighted by atomic mass is 10.0. The first-order valence-corrected chi connectivity index (χ1v) is 26.0. The molecule has 4 aromatic rings. The number of unbranched alkanes of at least 4 members (excludes halogenated alkanes) is 1. The van der Waals surface area contributed by atoms with Crippen LogP contribution in [0.4, 0.5) is 0 Å². The van der Waals surface area contributed by atoms with Crippen molar-refractivity contribution in [2.75, 3.05) is 24.7 Å². The van der Waals surface area contributed by atoms with Crippen molar-refractivity contribution >= 4 is 73.8 Å². The summed E-state index contributed by atoms with van der Waals surface area (Å²) in [6.07, 6.45) is -0.156. The molecule has 0 bridgehead atoms. The number of carbonyl (C=O) groups is 7. The van der Waals surface area contributed by atoms with Crippen molar-refractivity contribution in [2.45, 2.75) is 113 Å². The largest absolute Gasteiger partial charge is 0.394 e. The van der Waals surface area contributed by atoms with Gasteiger partial charge in [0.25, 0.3) is 0 Å². The number of hydrogen-bond donors (Lipinski definition) is 13. The number of aliphatic hydroxyl groups excluding tert-OH is 3. The smallest absolute Gasteiger partial charge is 0.245 e. The average molecular weight is 1020 g/mol. The SMILES string of the molecule is CC(O)C(CO)NC(=O)[C@@H]1CSSC[C@H](NC(=O)[C@H](N)Cc2ccccc2)C(=O)N[C@@H](Cc2ccccc2)C(=O)N[C@H](Cc2c[nH]c3ccccc23)C(=O)N[C@@H](CCCCN)C(=O)N[C@@H]([C@@H](C)O)C(=O)N1. The highest BCUT2D eigenvalue weighted by molar-refractivity contribution is 8.76. The minimum atomic E-state index is -1.66. The fraction of sp³-hybridized carbons (Fsp3) is 0.449. The van der Waals surface area contributed by atoms with Gasteiger partial charge in [-0.2, -0.15) is 0 Å². The van der Waals surface area contributed by atoms with Crippen LogP contribution in [0.2, 0.25) is 0 Å². The normalized spacial score (nSPS) is 22.8. The van der Waals surface area contributed by atoms with Crippen molar-refractivity contribution in [3.63, 3.8) is 0 Å². The molecule has 2 unspecified atom stereocenters. The first-order chi connectivity index (χ1) is 34.1. The van der Waals surface area contributed by atoms with Gasteiger partial charge >= 0.3 is 0 Å². The highest BCUT2D eigenvalue weighted by Gasteiger charge is 2.36. The number of hydrogen-bond acceptors (Lipinski definition) is 14. The van der Waals surface area contributed by atoms with E-state index >= 15 is 0 Å². The first-order valence-electron chi connectivity index (χ1n) is 23.5. The van der Waals surface area contributed by atoms with Crippen LogP contribution in [0.1, 0.15) is 49.8 Å². The summed E-state index contributed by atoms with van der Waals surface area (Å²) in [6, 6.07) is 14.6. The summed E-state index contributed by atoms with van der Waals surface area (Å²) >= 11 is 0. The molecule has 1 aliphatic heterocycles. The number of aromatic nitrogens is 1. The Hall–Kier alpha value is -6.01. The summed E-state index contributed by atoms with van der Waals surface area (Å²) < 4.78 is 0. The van der Waals surface area contributed by atoms with Crippen LogP contribution >= 0.6 is 21.6 Å². The van der Waals surface area contributed by atoms with E-state index in [2.05, 4.69) is 42.2 Å². The van der Waals surface area contributed by atoms with Crippen molar-refractivity contribution in [1.82, 2.24) is 42.2 Å². The van der Waals surface area contributed by atoms with Crippen LogP contribution in [0.3, 0.4) is 0 Å². The summed E-state index contributed by atoms with van der Waals surface area (Å²) in [4.78, 5) is 103. The molecule has 1 saturated heterocycles. The Bertz CT molecular complexity index is 2400. The number of fused-ring (bicyclic) bond motifs is 1. The number of H-pyrrole nitrogens is 1. The van der Waals surface area contributed by atoms with Crippen LogP contribution < -0.4 is 48.7 Å². The van der Waals surface area contributed by atoms with Crippen molar-refractivity contribution in [3.05, 3.63) is 108 Å². The Kier molecular flexibility index (Phi) is 22.2. The number of nitrogens with two attached hydrogens (primary N) is 2. The van der Waals surface area contributed by atoms with Crippen LogP contribution in [0.25, 0.3) is 10.9 Å². The standard InChI is InChI=1S/C49H66N10O10S2/c1-28(61)39(25-60)56-48(68)41-27-71-70-26-40(57-43(63)34(51)21-30-13-5-3-6-14-30)47(67)54-37(22-31-15-7-4-8-16-31)45(65)55-38(23-32-24-52-35-18-10-9-17-33(32)35)46(66)53-36(19-11-12-20-50)44(64)59-42(29(2)62)49(69)58-41/h3-10,13-18,24,28-29,34,36-42,52,60-62H,11-12,19-23,25-27,50-51H2,1-2H3,(H,53,66)(H,54,67)(H,55,65)(H,56,68)(H,57,63)(H,58,69)(H,59,64)/t28?,29-,34-,36+,37+,38-,39?,40+,41+,42+/m1/s1. The highest BCUT2D eigenvalue weighted by atomic mass is 33.1. The molecule has 0 aliphatic carbocycles. The predicted molar refractivity (Wildman–Crippen MR) is 272 cm³/mol. The third-order valence-electron chi connectivity index (χ3n) is 11.9. The van der Waals surface area contributed by atoms with Crippen molar-refractivity contribution in [2.24, 2.45) is 11.5 Å². The first kappa shape index (κ1) is 55.9. The van der Waals surface area contributed by atoms with E-state index in [0.717, 1.165) is 38.1 Å². The molecular formula is C49H66N10O10S2. The minimum Gasteiger partial charge on any atom is -0.394 e. The molecule has 1 fully saturated rings. The maximum Gasteiger partial charge on any atom is 0.245 e. The quantitative estimate of drug-likeness (QED) is 0.0455. The molecule has 22 heteroatoms. The Balaban J connectivity index is 1.56. The van der Waals surface area contributed by atoms with E-state index in [4.69, 9.17) is 11.5 Å². The Morgan fingerprint density at radius 1 is 0.718 bits per heavy atom. The topological polar surface area (TPSA) is 332 Å². The lowest BCUT2D eigenvalue weighted by Gasteiger charge is -2.29. The van der Waals surface area contributed by atoms with Gasteiger partial charge in [-0.25, -0.2) is 0 Å². The maximum absolute atomic E-state index is 14.7. The van der Waals surface area contributed by atoms with Crippen LogP contribution in [-0.2, 0) is 52.8 Å². The predicted octanol–water partition coefficient (Wildman–Crippen LogP) is -0.805. The van der Waals surface area contributed by atoms with E-state index in [1.165, 1.54) is 13.8 Å². The van der Waals surface area contributed by atoms with Gasteiger partial charge in [-0.1, -0.05) is 100 Å². The van der Waals surface area contributed by atoms with E-state index < -0.39 is 108 Å². The van der Waals surface area contributed by atoms with E-state index in [-0.39, 0.29) is 43.7 Å². The Morgan fingerprint density at radius 2 is 1.31 bits per heavy atom. The third-order valence-corrected chi connectivity index (χ3v) is 14.3. The monoisotopic (exact) mass is 1020 g/mol. The van der Waals surface area contributed by atoms with Gasteiger partial charge in [0.15, 0.2) is 0 Å². The van der Waals surface area contributed by atoms with Gasteiger partial charge in [-0.15, -0.1) is 0 Å². The molecule has 0 radical (unpaired) electrons. The number of aliphatic hydroxyl groups is 3. The molecule has 0 saturated carbocycles. The average Bonchev–Trinajstić information content (AvgIpc) is 3.76. The maximum atomic E-state index is 14.7. The van der Waals surface area contributed by atoms with Crippen LogP contribution in [0, 0.1) is 0 Å². The number of amides is 7. The van der Waals surface area contributed by atoms with Crippen molar-refractivity contribution < 1.29 is 48.9 Å². The molecular weight excluding hydrogens is 953 g/mol. The van der Waals surface area contributed by atoms with Gasteiger partial charge in [-0.05, 0) is 68.8 Å². The molecule has 1 aromatic heterocycles. The molecule has 7 amide bonds. The molecule has 1 aliphatic rings. The Labute approximate surface area is 420 Å². The van der Waals surface area contributed by atoms with Crippen LogP contribution in [0.15, 0.2) is 91.1 Å². The summed E-state index contributed by atoms with van der Waals surface area (Å²) in [5.41, 5.74) is 15.0.